The Balaban J connectivity index is 1.87. The third-order valence-corrected chi connectivity index (χ3v) is 5.76. The molecule has 3 heteroatoms. The van der Waals surface area contributed by atoms with E-state index in [9.17, 15) is 0 Å². The molecule has 96 valence electrons. The van der Waals surface area contributed by atoms with E-state index < -0.39 is 0 Å². The predicted octanol–water partition coefficient (Wildman–Crippen LogP) is 5.13. The molecule has 0 bridgehead atoms. The van der Waals surface area contributed by atoms with E-state index in [1.54, 1.807) is 0 Å². The molecule has 1 fully saturated rings. The summed E-state index contributed by atoms with van der Waals surface area (Å²) < 4.78 is 1.21. The van der Waals surface area contributed by atoms with E-state index in [1.807, 2.05) is 11.3 Å². The van der Waals surface area contributed by atoms with Crippen molar-refractivity contribution in [2.45, 2.75) is 58.0 Å². The van der Waals surface area contributed by atoms with Gasteiger partial charge in [-0.15, -0.1) is 11.3 Å². The maximum absolute atomic E-state index is 3.77. The quantitative estimate of drug-likeness (QED) is 0.812. The van der Waals surface area contributed by atoms with Crippen molar-refractivity contribution in [3.05, 3.63) is 20.8 Å². The van der Waals surface area contributed by atoms with Crippen LogP contribution in [-0.4, -0.2) is 6.04 Å². The van der Waals surface area contributed by atoms with Crippen molar-refractivity contribution >= 4 is 27.3 Å². The highest BCUT2D eigenvalue weighted by molar-refractivity contribution is 9.10. The average molecular weight is 316 g/mol. The summed E-state index contributed by atoms with van der Waals surface area (Å²) >= 11 is 5.36. The highest BCUT2D eigenvalue weighted by atomic mass is 79.9. The molecule has 0 amide bonds. The van der Waals surface area contributed by atoms with Crippen LogP contribution in [0.15, 0.2) is 15.9 Å². The maximum Gasteiger partial charge on any atom is 0.0388 e. The summed E-state index contributed by atoms with van der Waals surface area (Å²) in [6, 6.07) is 3.35. The fraction of sp³-hybridized carbons (Fsp3) is 0.714. The monoisotopic (exact) mass is 315 g/mol. The van der Waals surface area contributed by atoms with Crippen LogP contribution in [0.4, 0.5) is 0 Å². The standard InChI is InChI=1S/C14H22BrNS/c1-10(12-6-4-3-5-7-12)16-11(2)14-8-13(15)9-17-14/h8-12,16H,3-7H2,1-2H3. The summed E-state index contributed by atoms with van der Waals surface area (Å²) in [5.41, 5.74) is 0. The molecule has 0 spiro atoms. The second-order valence-corrected chi connectivity index (χ2v) is 7.10. The second-order valence-electron chi connectivity index (χ2n) is 5.24. The Morgan fingerprint density at radius 3 is 2.59 bits per heavy atom. The van der Waals surface area contributed by atoms with Crippen molar-refractivity contribution in [2.24, 2.45) is 5.92 Å². The summed E-state index contributed by atoms with van der Waals surface area (Å²) in [5, 5.41) is 5.93. The van der Waals surface area contributed by atoms with Crippen LogP contribution in [0.25, 0.3) is 0 Å². The van der Waals surface area contributed by atoms with E-state index in [4.69, 9.17) is 0 Å². The third-order valence-electron chi connectivity index (χ3n) is 3.88. The van der Waals surface area contributed by atoms with Gasteiger partial charge in [0.15, 0.2) is 0 Å². The molecule has 0 aromatic carbocycles. The number of rotatable bonds is 4. The lowest BCUT2D eigenvalue weighted by Gasteiger charge is -2.30. The van der Waals surface area contributed by atoms with Crippen molar-refractivity contribution in [1.82, 2.24) is 5.32 Å². The number of hydrogen-bond donors (Lipinski definition) is 1. The topological polar surface area (TPSA) is 12.0 Å². The fourth-order valence-corrected chi connectivity index (χ4v) is 4.26. The fourth-order valence-electron chi connectivity index (χ4n) is 2.80. The van der Waals surface area contributed by atoms with E-state index in [0.717, 1.165) is 5.92 Å². The summed E-state index contributed by atoms with van der Waals surface area (Å²) in [7, 11) is 0. The summed E-state index contributed by atoms with van der Waals surface area (Å²) in [5.74, 6) is 0.884. The SMILES string of the molecule is CC(NC(C)C1CCCCC1)c1cc(Br)cs1. The van der Waals surface area contributed by atoms with E-state index in [2.05, 4.69) is 46.5 Å². The summed E-state index contributed by atoms with van der Waals surface area (Å²) in [6.45, 7) is 4.63. The lowest BCUT2D eigenvalue weighted by Crippen LogP contribution is -2.36. The molecule has 2 unspecified atom stereocenters. The number of hydrogen-bond acceptors (Lipinski definition) is 2. The predicted molar refractivity (Wildman–Crippen MR) is 79.6 cm³/mol. The lowest BCUT2D eigenvalue weighted by atomic mass is 9.84. The minimum Gasteiger partial charge on any atom is -0.307 e. The molecule has 1 N–H and O–H groups in total. The Bertz CT molecular complexity index is 344. The van der Waals surface area contributed by atoms with Crippen molar-refractivity contribution < 1.29 is 0 Å². The van der Waals surface area contributed by atoms with Gasteiger partial charge in [0, 0.05) is 26.8 Å². The van der Waals surface area contributed by atoms with Gasteiger partial charge in [0.25, 0.3) is 0 Å². The van der Waals surface area contributed by atoms with Gasteiger partial charge in [-0.3, -0.25) is 0 Å². The lowest BCUT2D eigenvalue weighted by molar-refractivity contribution is 0.269. The van der Waals surface area contributed by atoms with Gasteiger partial charge < -0.3 is 5.32 Å². The number of halogens is 1. The second kappa shape index (κ2) is 6.35. The van der Waals surface area contributed by atoms with Crippen LogP contribution >= 0.6 is 27.3 Å². The molecule has 0 saturated heterocycles. The van der Waals surface area contributed by atoms with Gasteiger partial charge >= 0.3 is 0 Å². The first kappa shape index (κ1) is 13.6. The number of nitrogens with one attached hydrogen (secondary N) is 1. The molecule has 1 aromatic rings. The van der Waals surface area contributed by atoms with Crippen LogP contribution < -0.4 is 5.32 Å². The van der Waals surface area contributed by atoms with E-state index >= 15 is 0 Å². The molecular formula is C14H22BrNS. The van der Waals surface area contributed by atoms with Crippen molar-refractivity contribution in [3.63, 3.8) is 0 Å². The number of thiophene rings is 1. The van der Waals surface area contributed by atoms with Gasteiger partial charge in [-0.05, 0) is 54.6 Å². The first-order valence-electron chi connectivity index (χ1n) is 6.67. The van der Waals surface area contributed by atoms with E-state index in [1.165, 1.54) is 41.5 Å². The largest absolute Gasteiger partial charge is 0.307 e. The van der Waals surface area contributed by atoms with E-state index in [0.29, 0.717) is 12.1 Å². The molecule has 1 nitrogen and oxygen atoms in total. The molecular weight excluding hydrogens is 294 g/mol. The maximum atomic E-state index is 3.77. The van der Waals surface area contributed by atoms with Gasteiger partial charge in [0.1, 0.15) is 0 Å². The van der Waals surface area contributed by atoms with Crippen LogP contribution in [0.1, 0.15) is 56.9 Å². The van der Waals surface area contributed by atoms with Crippen molar-refractivity contribution in [1.29, 1.82) is 0 Å². The Labute approximate surface area is 117 Å². The summed E-state index contributed by atoms with van der Waals surface area (Å²) in [6.07, 6.45) is 7.12. The Morgan fingerprint density at radius 1 is 1.29 bits per heavy atom. The zero-order valence-electron chi connectivity index (χ0n) is 10.7. The molecule has 0 aliphatic heterocycles. The van der Waals surface area contributed by atoms with Crippen LogP contribution in [0.2, 0.25) is 0 Å². The molecule has 1 heterocycles. The molecule has 1 saturated carbocycles. The van der Waals surface area contributed by atoms with Crippen molar-refractivity contribution in [3.8, 4) is 0 Å². The zero-order valence-corrected chi connectivity index (χ0v) is 13.1. The minimum absolute atomic E-state index is 0.475. The molecule has 2 atom stereocenters. The van der Waals surface area contributed by atoms with E-state index in [-0.39, 0.29) is 0 Å². The van der Waals surface area contributed by atoms with Crippen LogP contribution in [0, 0.1) is 5.92 Å². The van der Waals surface area contributed by atoms with Crippen molar-refractivity contribution in [2.75, 3.05) is 0 Å². The molecule has 2 rings (SSSR count). The highest BCUT2D eigenvalue weighted by Crippen LogP contribution is 2.29. The van der Waals surface area contributed by atoms with Gasteiger partial charge in [-0.2, -0.15) is 0 Å². The van der Waals surface area contributed by atoms with Crippen LogP contribution in [0.5, 0.6) is 0 Å². The highest BCUT2D eigenvalue weighted by Gasteiger charge is 2.21. The molecule has 0 radical (unpaired) electrons. The smallest absolute Gasteiger partial charge is 0.0388 e. The zero-order chi connectivity index (χ0) is 12.3. The van der Waals surface area contributed by atoms with Crippen LogP contribution in [-0.2, 0) is 0 Å². The average Bonchev–Trinajstić information content (AvgIpc) is 2.77. The molecule has 1 aromatic heterocycles. The molecule has 17 heavy (non-hydrogen) atoms. The third kappa shape index (κ3) is 3.80. The summed E-state index contributed by atoms with van der Waals surface area (Å²) in [4.78, 5) is 1.43. The van der Waals surface area contributed by atoms with Gasteiger partial charge in [0.2, 0.25) is 0 Å². The minimum atomic E-state index is 0.475. The molecule has 1 aliphatic rings. The molecule has 1 aliphatic carbocycles. The Kier molecular flexibility index (Phi) is 5.07. The Hall–Kier alpha value is 0.140. The Morgan fingerprint density at radius 2 is 2.00 bits per heavy atom. The van der Waals surface area contributed by atoms with Crippen LogP contribution in [0.3, 0.4) is 0 Å². The van der Waals surface area contributed by atoms with Gasteiger partial charge in [-0.1, -0.05) is 19.3 Å². The van der Waals surface area contributed by atoms with Gasteiger partial charge in [-0.25, -0.2) is 0 Å². The normalized spacial score (nSPS) is 21.4. The first-order valence-corrected chi connectivity index (χ1v) is 8.34. The van der Waals surface area contributed by atoms with Gasteiger partial charge in [0.05, 0.1) is 0 Å². The first-order chi connectivity index (χ1) is 8.16.